The molecular formula is C70H95F13O19. The van der Waals surface area contributed by atoms with Gasteiger partial charge in [0.15, 0.2) is 20.0 Å². The van der Waals surface area contributed by atoms with Gasteiger partial charge in [0, 0.05) is 41.2 Å². The topological polar surface area (TPSA) is 249 Å². The van der Waals surface area contributed by atoms with Crippen LogP contribution < -0.4 is 0 Å². The smallest absolute Gasteiger partial charge is 0.461 e. The first kappa shape index (κ1) is 80.8. The fourth-order valence-corrected chi connectivity index (χ4v) is 20.9. The first-order chi connectivity index (χ1) is 47.1. The third-order valence-electron chi connectivity index (χ3n) is 24.3. The van der Waals surface area contributed by atoms with Crippen LogP contribution >= 0.6 is 0 Å². The molecule has 0 radical (unpaired) electrons. The highest BCUT2D eigenvalue weighted by atomic mass is 19.4. The van der Waals surface area contributed by atoms with Gasteiger partial charge in [-0.25, -0.2) is 37.5 Å². The molecule has 0 aliphatic heterocycles. The van der Waals surface area contributed by atoms with Crippen LogP contribution in [0.25, 0.3) is 0 Å². The summed E-state index contributed by atoms with van der Waals surface area (Å²) in [5.41, 5.74) is -4.38. The predicted molar refractivity (Wildman–Crippen MR) is 325 cm³/mol. The second-order valence-corrected chi connectivity index (χ2v) is 32.2. The minimum Gasteiger partial charge on any atom is -0.461 e. The van der Waals surface area contributed by atoms with Crippen LogP contribution in [0.15, 0.2) is 0 Å². The number of rotatable bonds is 23. The molecule has 16 rings (SSSR count). The molecule has 5 unspecified atom stereocenters. The van der Waals surface area contributed by atoms with Crippen LogP contribution in [0, 0.1) is 87.8 Å². The molecule has 0 aromatic rings. The van der Waals surface area contributed by atoms with Crippen LogP contribution in [0.2, 0.25) is 0 Å². The van der Waals surface area contributed by atoms with Crippen molar-refractivity contribution in [2.75, 3.05) is 40.3 Å². The molecular weight excluding hydrogens is 1390 g/mol. The van der Waals surface area contributed by atoms with E-state index in [0.717, 1.165) is 108 Å². The number of esters is 8. The third kappa shape index (κ3) is 17.1. The van der Waals surface area contributed by atoms with Crippen molar-refractivity contribution >= 4 is 47.8 Å². The lowest BCUT2D eigenvalue weighted by atomic mass is 9.48. The maximum atomic E-state index is 14.1. The zero-order valence-electron chi connectivity index (χ0n) is 58.6. The summed E-state index contributed by atoms with van der Waals surface area (Å²) in [4.78, 5) is 95.5. The minimum atomic E-state index is -5.78. The SMILES string of the molecule is CC(F)(F)C(=O)OCC(=O)OC1(C)C2CC3CC(C2)CC1C3.CCC1(OC(=O)COC(=O)C(C)(F)F)C2CC3CC(C2)CC1C3.CCOC(=O)C(OCCC(F)(F)C(C)(F)F)(OC(=O)C12CC3CC(CC(O)(C3)C1)C2)C(F)(F)F.COCOC(=O)C12CC3CC(C1)C(OC(=O)C(C)(F)F)C(C3)C2. The van der Waals surface area contributed by atoms with Gasteiger partial charge in [-0.2, -0.15) is 48.3 Å². The Hall–Kier alpha value is -5.27. The minimum absolute atomic E-state index is 0.0392. The molecule has 580 valence electrons. The summed E-state index contributed by atoms with van der Waals surface area (Å²) < 4.78 is 222. The van der Waals surface area contributed by atoms with E-state index in [2.05, 4.69) is 23.7 Å². The highest BCUT2D eigenvalue weighted by molar-refractivity contribution is 5.86. The lowest BCUT2D eigenvalue weighted by Gasteiger charge is -2.60. The van der Waals surface area contributed by atoms with Gasteiger partial charge >= 0.3 is 89.3 Å². The number of ether oxygens (including phenoxy) is 10. The maximum absolute atomic E-state index is 14.1. The number of hydrogen-bond acceptors (Lipinski definition) is 19. The van der Waals surface area contributed by atoms with Gasteiger partial charge in [0.05, 0.1) is 29.6 Å². The van der Waals surface area contributed by atoms with Crippen LogP contribution in [0.3, 0.4) is 0 Å². The quantitative estimate of drug-likeness (QED) is 0.0432. The second-order valence-electron chi connectivity index (χ2n) is 32.2. The highest BCUT2D eigenvalue weighted by Gasteiger charge is 2.71. The van der Waals surface area contributed by atoms with Crippen LogP contribution in [-0.2, 0) is 85.7 Å². The molecule has 32 heteroatoms. The molecule has 1 N–H and O–H groups in total. The summed E-state index contributed by atoms with van der Waals surface area (Å²) in [7, 11) is 1.45. The molecule has 16 saturated carbocycles. The van der Waals surface area contributed by atoms with Crippen molar-refractivity contribution in [1.82, 2.24) is 0 Å². The molecule has 16 aliphatic carbocycles. The number of carbonyl (C=O) groups excluding carboxylic acids is 8. The van der Waals surface area contributed by atoms with Gasteiger partial charge in [-0.05, 0) is 232 Å². The first-order valence-corrected chi connectivity index (χ1v) is 35.4. The second kappa shape index (κ2) is 29.5. The van der Waals surface area contributed by atoms with Crippen molar-refractivity contribution in [3.05, 3.63) is 0 Å². The molecule has 102 heavy (non-hydrogen) atoms. The molecule has 0 saturated heterocycles. The number of alkyl halides is 13. The van der Waals surface area contributed by atoms with Crippen molar-refractivity contribution in [2.24, 2.45) is 87.8 Å². The number of halogens is 13. The van der Waals surface area contributed by atoms with Crippen molar-refractivity contribution in [3.8, 4) is 0 Å². The normalized spacial score (nSPS) is 36.8. The fourth-order valence-electron chi connectivity index (χ4n) is 20.9. The predicted octanol–water partition coefficient (Wildman–Crippen LogP) is 13.2. The van der Waals surface area contributed by atoms with Gasteiger partial charge in [-0.15, -0.1) is 0 Å². The summed E-state index contributed by atoms with van der Waals surface area (Å²) in [6.07, 6.45) is 8.80. The summed E-state index contributed by atoms with van der Waals surface area (Å²) in [6.45, 7) is 2.59. The molecule has 0 spiro atoms. The Kier molecular flexibility index (Phi) is 23.4. The van der Waals surface area contributed by atoms with Gasteiger partial charge in [-0.1, -0.05) is 6.92 Å². The summed E-state index contributed by atoms with van der Waals surface area (Å²) in [5, 5.41) is 10.8. The molecule has 16 bridgehead atoms. The van der Waals surface area contributed by atoms with E-state index in [1.165, 1.54) is 20.0 Å². The Morgan fingerprint density at radius 3 is 1.33 bits per heavy atom. The van der Waals surface area contributed by atoms with E-state index in [1.807, 2.05) is 13.8 Å². The standard InChI is InChI=1S/C21H27F7O6.C17H24F2O4.C16H22F2O5.C16H22F2O4/c1-3-32-15(30)20(21(26,27)28,33-5-4-19(24,25)16(2,22)23)34-14(29)17-7-12-6-13(8-17)10-18(31,9-12)11-17;1-3-17(23-14(20)9-22-15(21)16(2,18)19)12-5-10-4-11(7-12)8-13(17)6-10;1-15(17,18)13(19)23-12-10-3-9-4-11(12)7-16(5-9,6-10)14(20)22-8-21-2;1-15(22-13(19)8-21-14(20)16(2,17)18)11-4-9-3-10(6-11)7-12(15)5-9/h12-13,31H,3-11H2,1-2H3;10-13H,3-9H2,1-2H3;9-12H,3-8H2,1-2H3;9-12H,3-8H2,1-2H3. The molecule has 0 aromatic heterocycles. The summed E-state index contributed by atoms with van der Waals surface area (Å²) >= 11 is 0. The van der Waals surface area contributed by atoms with Crippen molar-refractivity contribution in [3.63, 3.8) is 0 Å². The molecule has 16 aliphatic rings. The maximum Gasteiger partial charge on any atom is 0.468 e. The molecule has 0 amide bonds. The largest absolute Gasteiger partial charge is 0.468 e. The lowest BCUT2D eigenvalue weighted by molar-refractivity contribution is -0.362. The van der Waals surface area contributed by atoms with Crippen molar-refractivity contribution in [2.45, 2.75) is 261 Å². The zero-order valence-corrected chi connectivity index (χ0v) is 58.6. The summed E-state index contributed by atoms with van der Waals surface area (Å²) in [6, 6.07) is 0. The molecule has 16 fully saturated rings. The van der Waals surface area contributed by atoms with Crippen LogP contribution in [0.1, 0.15) is 196 Å². The number of aliphatic hydroxyl groups is 1. The van der Waals surface area contributed by atoms with E-state index >= 15 is 0 Å². The molecule has 0 aromatic carbocycles. The summed E-state index contributed by atoms with van der Waals surface area (Å²) in [5.74, 6) is -30.3. The van der Waals surface area contributed by atoms with Crippen molar-refractivity contribution in [1.29, 1.82) is 0 Å². The van der Waals surface area contributed by atoms with Gasteiger partial charge in [0.2, 0.25) is 0 Å². The Labute approximate surface area is 582 Å². The number of methoxy groups -OCH3 is 1. The Bertz CT molecular complexity index is 3000. The molecule has 0 heterocycles. The van der Waals surface area contributed by atoms with Gasteiger partial charge < -0.3 is 52.5 Å². The van der Waals surface area contributed by atoms with Crippen LogP contribution in [-0.4, -0.2) is 158 Å². The van der Waals surface area contributed by atoms with E-state index in [-0.39, 0.29) is 62.6 Å². The Balaban J connectivity index is 0.000000161. The van der Waals surface area contributed by atoms with Crippen LogP contribution in [0.4, 0.5) is 57.1 Å². The average molecular weight is 1490 g/mol. The van der Waals surface area contributed by atoms with E-state index in [4.69, 9.17) is 23.7 Å². The molecule has 19 nitrogen and oxygen atoms in total. The van der Waals surface area contributed by atoms with Gasteiger partial charge in [0.25, 0.3) is 0 Å². The van der Waals surface area contributed by atoms with Crippen LogP contribution in [0.5, 0.6) is 0 Å². The number of hydrogen-bond donors (Lipinski definition) is 1. The van der Waals surface area contributed by atoms with E-state index in [0.29, 0.717) is 82.5 Å². The molecule has 5 atom stereocenters. The Morgan fingerprint density at radius 2 is 0.922 bits per heavy atom. The zero-order chi connectivity index (χ0) is 75.6. The van der Waals surface area contributed by atoms with Gasteiger partial charge in [0.1, 0.15) is 17.3 Å². The van der Waals surface area contributed by atoms with E-state index < -0.39 is 150 Å². The first-order valence-electron chi connectivity index (χ1n) is 35.4. The third-order valence-corrected chi connectivity index (χ3v) is 24.3. The Morgan fingerprint density at radius 1 is 0.480 bits per heavy atom. The number of carbonyl (C=O) groups is 8. The van der Waals surface area contributed by atoms with E-state index in [9.17, 15) is 101 Å². The fraction of sp³-hybridized carbons (Fsp3) is 0.886. The highest BCUT2D eigenvalue weighted by Crippen LogP contribution is 2.65. The van der Waals surface area contributed by atoms with E-state index in [1.54, 1.807) is 0 Å². The lowest BCUT2D eigenvalue weighted by Crippen LogP contribution is -2.63. The van der Waals surface area contributed by atoms with Gasteiger partial charge in [-0.3, -0.25) is 9.59 Å². The average Bonchev–Trinajstić information content (AvgIpc) is 0.742. The monoisotopic (exact) mass is 1490 g/mol. The van der Waals surface area contributed by atoms with Crippen molar-refractivity contribution < 1.29 is 148 Å².